The number of hydrogen-bond donors (Lipinski definition) is 2. The highest BCUT2D eigenvalue weighted by atomic mass is 35.5. The van der Waals surface area contributed by atoms with E-state index < -0.39 is 5.56 Å². The number of anilines is 1. The zero-order valence-electron chi connectivity index (χ0n) is 17.6. The lowest BCUT2D eigenvalue weighted by atomic mass is 9.80. The van der Waals surface area contributed by atoms with Crippen molar-refractivity contribution < 1.29 is 4.79 Å². The van der Waals surface area contributed by atoms with Gasteiger partial charge in [-0.05, 0) is 62.3 Å². The molecule has 164 valence electrons. The molecule has 4 saturated carbocycles. The minimum Gasteiger partial charge on any atom is -0.377 e. The lowest BCUT2D eigenvalue weighted by molar-refractivity contribution is -0.122. The molecule has 3 unspecified atom stereocenters. The van der Waals surface area contributed by atoms with Crippen LogP contribution >= 0.6 is 11.6 Å². The van der Waals surface area contributed by atoms with Gasteiger partial charge in [0, 0.05) is 11.7 Å². The van der Waals surface area contributed by atoms with Crippen molar-refractivity contribution in [3.05, 3.63) is 45.9 Å². The molecule has 2 heterocycles. The SMILES string of the molecule is CCC(NC(=O)Cn1ncc(NC23CC4CC(CC2C4)C3)c(Cl)c1=O)c1ccncn1. The Balaban J connectivity index is 1.28. The highest BCUT2D eigenvalue weighted by Crippen LogP contribution is 2.61. The van der Waals surface area contributed by atoms with Crippen molar-refractivity contribution in [1.29, 1.82) is 0 Å². The molecule has 31 heavy (non-hydrogen) atoms. The lowest BCUT2D eigenvalue weighted by Crippen LogP contribution is -2.41. The summed E-state index contributed by atoms with van der Waals surface area (Å²) < 4.78 is 1.12. The van der Waals surface area contributed by atoms with Crippen LogP contribution in [0.15, 0.2) is 29.6 Å². The molecule has 2 aromatic rings. The van der Waals surface area contributed by atoms with Crippen LogP contribution < -0.4 is 16.2 Å². The second kappa shape index (κ2) is 7.89. The summed E-state index contributed by atoms with van der Waals surface area (Å²) in [5.41, 5.74) is 0.916. The number of halogens is 1. The Morgan fingerprint density at radius 3 is 2.77 bits per heavy atom. The molecule has 2 aromatic heterocycles. The Kier molecular flexibility index (Phi) is 5.20. The maximum Gasteiger partial charge on any atom is 0.288 e. The van der Waals surface area contributed by atoms with Crippen LogP contribution in [0.3, 0.4) is 0 Å². The Labute approximate surface area is 185 Å². The van der Waals surface area contributed by atoms with Crippen LogP contribution in [0.5, 0.6) is 0 Å². The van der Waals surface area contributed by atoms with Gasteiger partial charge in [-0.2, -0.15) is 5.10 Å². The first-order valence-corrected chi connectivity index (χ1v) is 11.4. The Bertz CT molecular complexity index is 1030. The van der Waals surface area contributed by atoms with Gasteiger partial charge in [-0.1, -0.05) is 18.5 Å². The third kappa shape index (κ3) is 3.71. The second-order valence-electron chi connectivity index (χ2n) is 9.32. The summed E-state index contributed by atoms with van der Waals surface area (Å²) in [7, 11) is 0. The normalized spacial score (nSPS) is 29.2. The van der Waals surface area contributed by atoms with Gasteiger partial charge >= 0.3 is 0 Å². The topological polar surface area (TPSA) is 102 Å². The van der Waals surface area contributed by atoms with E-state index in [1.165, 1.54) is 25.6 Å². The highest BCUT2D eigenvalue weighted by Gasteiger charge is 2.57. The van der Waals surface area contributed by atoms with Gasteiger partial charge in [-0.15, -0.1) is 0 Å². The molecule has 9 heteroatoms. The van der Waals surface area contributed by atoms with E-state index in [4.69, 9.17) is 11.6 Å². The summed E-state index contributed by atoms with van der Waals surface area (Å²) >= 11 is 6.44. The van der Waals surface area contributed by atoms with E-state index in [9.17, 15) is 9.59 Å². The first kappa shape index (κ1) is 20.4. The van der Waals surface area contributed by atoms with Gasteiger partial charge in [0.2, 0.25) is 5.91 Å². The summed E-state index contributed by atoms with van der Waals surface area (Å²) in [5, 5.41) is 10.9. The Morgan fingerprint density at radius 2 is 2.10 bits per heavy atom. The fourth-order valence-electron chi connectivity index (χ4n) is 6.20. The van der Waals surface area contributed by atoms with E-state index >= 15 is 0 Å². The monoisotopic (exact) mass is 442 g/mol. The molecular formula is C22H27ClN6O2. The van der Waals surface area contributed by atoms with Gasteiger partial charge < -0.3 is 10.6 Å². The Morgan fingerprint density at radius 1 is 1.32 bits per heavy atom. The van der Waals surface area contributed by atoms with E-state index in [1.54, 1.807) is 18.5 Å². The van der Waals surface area contributed by atoms with Crippen LogP contribution in [0.4, 0.5) is 5.69 Å². The maximum atomic E-state index is 12.8. The molecule has 0 saturated heterocycles. The lowest BCUT2D eigenvalue weighted by Gasteiger charge is -2.35. The molecule has 4 aliphatic rings. The average Bonchev–Trinajstić information content (AvgIpc) is 3.15. The predicted molar refractivity (Wildman–Crippen MR) is 117 cm³/mol. The number of carbonyl (C=O) groups excluding carboxylic acids is 1. The standard InChI is InChI=1S/C22H27ClN6O2/c1-2-16(17-3-4-24-12-25-17)27-19(30)11-29-21(31)20(23)18(10-26-29)28-22-8-13-5-14(9-22)7-15(22)6-13/h3-4,10,12-16,28H,2,5-9,11H2,1H3,(H,27,30). The van der Waals surface area contributed by atoms with E-state index in [0.717, 1.165) is 35.1 Å². The van der Waals surface area contributed by atoms with Crippen LogP contribution in [0, 0.1) is 17.8 Å². The smallest absolute Gasteiger partial charge is 0.288 e. The van der Waals surface area contributed by atoms with Gasteiger partial charge in [0.25, 0.3) is 5.56 Å². The van der Waals surface area contributed by atoms with Crippen LogP contribution in [0.1, 0.15) is 57.2 Å². The number of rotatable bonds is 7. The number of hydrogen-bond acceptors (Lipinski definition) is 6. The first-order valence-electron chi connectivity index (χ1n) is 11.1. The van der Waals surface area contributed by atoms with Crippen LogP contribution in [-0.2, 0) is 11.3 Å². The minimum atomic E-state index is -0.453. The molecule has 4 aliphatic carbocycles. The molecule has 6 rings (SSSR count). The zero-order valence-corrected chi connectivity index (χ0v) is 18.3. The summed E-state index contributed by atoms with van der Waals surface area (Å²) in [5.74, 6) is 1.93. The van der Waals surface area contributed by atoms with Crippen molar-refractivity contribution in [2.45, 2.75) is 63.6 Å². The molecular weight excluding hydrogens is 416 g/mol. The maximum absolute atomic E-state index is 12.8. The first-order chi connectivity index (χ1) is 15.0. The molecule has 0 aliphatic heterocycles. The van der Waals surface area contributed by atoms with Crippen molar-refractivity contribution >= 4 is 23.2 Å². The minimum absolute atomic E-state index is 0.0563. The molecule has 0 radical (unpaired) electrons. The van der Waals surface area contributed by atoms with Crippen molar-refractivity contribution in [2.75, 3.05) is 5.32 Å². The van der Waals surface area contributed by atoms with Gasteiger partial charge in [0.15, 0.2) is 0 Å². The Hall–Kier alpha value is -2.48. The highest BCUT2D eigenvalue weighted by molar-refractivity contribution is 6.33. The third-order valence-electron chi connectivity index (χ3n) is 7.36. The van der Waals surface area contributed by atoms with Gasteiger partial charge in [-0.25, -0.2) is 14.6 Å². The van der Waals surface area contributed by atoms with Gasteiger partial charge in [0.1, 0.15) is 17.9 Å². The van der Waals surface area contributed by atoms with E-state index in [2.05, 4.69) is 25.7 Å². The number of carbonyl (C=O) groups is 1. The molecule has 8 nitrogen and oxygen atoms in total. The van der Waals surface area contributed by atoms with E-state index in [0.29, 0.717) is 18.0 Å². The van der Waals surface area contributed by atoms with Crippen molar-refractivity contribution in [3.63, 3.8) is 0 Å². The van der Waals surface area contributed by atoms with Crippen molar-refractivity contribution in [1.82, 2.24) is 25.1 Å². The molecule has 4 bridgehead atoms. The summed E-state index contributed by atoms with van der Waals surface area (Å²) in [4.78, 5) is 33.5. The zero-order chi connectivity index (χ0) is 21.6. The number of nitrogens with zero attached hydrogens (tertiary/aromatic N) is 4. The molecule has 0 aromatic carbocycles. The summed E-state index contributed by atoms with van der Waals surface area (Å²) in [6.45, 7) is 1.76. The predicted octanol–water partition coefficient (Wildman–Crippen LogP) is 2.94. The molecule has 2 N–H and O–H groups in total. The van der Waals surface area contributed by atoms with Crippen molar-refractivity contribution in [3.8, 4) is 0 Å². The van der Waals surface area contributed by atoms with E-state index in [-0.39, 0.29) is 29.1 Å². The third-order valence-corrected chi connectivity index (χ3v) is 7.72. The largest absolute Gasteiger partial charge is 0.377 e. The summed E-state index contributed by atoms with van der Waals surface area (Å²) in [6.07, 6.45) is 11.5. The molecule has 1 amide bonds. The fraction of sp³-hybridized carbons (Fsp3) is 0.591. The second-order valence-corrected chi connectivity index (χ2v) is 9.70. The fourth-order valence-corrected chi connectivity index (χ4v) is 6.40. The van der Waals surface area contributed by atoms with Crippen LogP contribution in [-0.4, -0.2) is 31.2 Å². The van der Waals surface area contributed by atoms with E-state index in [1.807, 2.05) is 6.92 Å². The number of amides is 1. The van der Waals surface area contributed by atoms with Gasteiger partial charge in [0.05, 0.1) is 23.6 Å². The van der Waals surface area contributed by atoms with Crippen LogP contribution in [0.2, 0.25) is 5.02 Å². The van der Waals surface area contributed by atoms with Gasteiger partial charge in [-0.3, -0.25) is 9.59 Å². The molecule has 0 spiro atoms. The van der Waals surface area contributed by atoms with Crippen molar-refractivity contribution in [2.24, 2.45) is 17.8 Å². The average molecular weight is 443 g/mol. The van der Waals surface area contributed by atoms with Crippen LogP contribution in [0.25, 0.3) is 0 Å². The molecule has 3 atom stereocenters. The quantitative estimate of drug-likeness (QED) is 0.683. The number of aromatic nitrogens is 4. The molecule has 4 fully saturated rings. The summed E-state index contributed by atoms with van der Waals surface area (Å²) in [6, 6.07) is 1.51. The number of nitrogens with one attached hydrogen (secondary N) is 2.